The Bertz CT molecular complexity index is 650. The van der Waals surface area contributed by atoms with Crippen LogP contribution in [0.5, 0.6) is 0 Å². The van der Waals surface area contributed by atoms with E-state index >= 15 is 0 Å². The summed E-state index contributed by atoms with van der Waals surface area (Å²) in [4.78, 5) is 24.2. The summed E-state index contributed by atoms with van der Waals surface area (Å²) in [7, 11) is 0. The van der Waals surface area contributed by atoms with Crippen molar-refractivity contribution in [3.05, 3.63) is 35.4 Å². The van der Waals surface area contributed by atoms with Crippen LogP contribution in [0.4, 0.5) is 0 Å². The third-order valence-corrected chi connectivity index (χ3v) is 6.87. The largest absolute Gasteiger partial charge is 0.458 e. The molecule has 1 unspecified atom stereocenters. The molecule has 1 atom stereocenters. The zero-order valence-electron chi connectivity index (χ0n) is 15.7. The van der Waals surface area contributed by atoms with E-state index in [1.807, 2.05) is 0 Å². The Balaban J connectivity index is 1.50. The summed E-state index contributed by atoms with van der Waals surface area (Å²) in [5, 5.41) is 0. The number of esters is 1. The summed E-state index contributed by atoms with van der Waals surface area (Å²) in [6.07, 6.45) is 11.9. The van der Waals surface area contributed by atoms with Gasteiger partial charge in [0.05, 0.1) is 0 Å². The average molecular weight is 354 g/mol. The van der Waals surface area contributed by atoms with Crippen molar-refractivity contribution in [3.63, 3.8) is 0 Å². The minimum atomic E-state index is -0.549. The smallest absolute Gasteiger partial charge is 0.313 e. The van der Waals surface area contributed by atoms with Gasteiger partial charge in [0, 0.05) is 6.42 Å². The van der Waals surface area contributed by atoms with Crippen LogP contribution in [0.25, 0.3) is 0 Å². The Hall–Kier alpha value is -1.64. The lowest BCUT2D eigenvalue weighted by molar-refractivity contribution is -0.178. The van der Waals surface area contributed by atoms with Crippen molar-refractivity contribution in [1.82, 2.24) is 0 Å². The molecule has 0 radical (unpaired) electrons. The normalized spacial score (nSPS) is 27.8. The molecule has 3 fully saturated rings. The number of ether oxygens (including phenoxy) is 1. The number of Topliss-reactive ketones (excluding diaryl/α,β-unsaturated/α-hetero) is 1. The monoisotopic (exact) mass is 354 g/mol. The van der Waals surface area contributed by atoms with E-state index in [2.05, 4.69) is 24.3 Å². The van der Waals surface area contributed by atoms with Crippen molar-refractivity contribution in [2.45, 2.75) is 88.6 Å². The number of carbonyl (C=O) groups is 2. The van der Waals surface area contributed by atoms with Crippen molar-refractivity contribution in [2.75, 3.05) is 0 Å². The topological polar surface area (TPSA) is 43.4 Å². The molecule has 2 aliphatic carbocycles. The van der Waals surface area contributed by atoms with E-state index in [1.165, 1.54) is 49.7 Å². The van der Waals surface area contributed by atoms with E-state index in [9.17, 15) is 9.59 Å². The van der Waals surface area contributed by atoms with Gasteiger partial charge in [-0.05, 0) is 61.5 Å². The molecule has 0 amide bonds. The van der Waals surface area contributed by atoms with Crippen LogP contribution in [0.1, 0.15) is 87.7 Å². The first-order valence-electron chi connectivity index (χ1n) is 10.5. The molecule has 1 saturated heterocycles. The van der Waals surface area contributed by atoms with Gasteiger partial charge >= 0.3 is 5.97 Å². The molecule has 4 rings (SSSR count). The van der Waals surface area contributed by atoms with E-state index in [4.69, 9.17) is 4.74 Å². The van der Waals surface area contributed by atoms with E-state index < -0.39 is 5.60 Å². The van der Waals surface area contributed by atoms with Gasteiger partial charge in [-0.1, -0.05) is 49.9 Å². The first-order valence-corrected chi connectivity index (χ1v) is 10.5. The Morgan fingerprint density at radius 2 is 1.73 bits per heavy atom. The molecule has 0 aromatic heterocycles. The van der Waals surface area contributed by atoms with Gasteiger partial charge in [-0.3, -0.25) is 9.59 Å². The molecule has 140 valence electrons. The Morgan fingerprint density at radius 1 is 1.00 bits per heavy atom. The van der Waals surface area contributed by atoms with Gasteiger partial charge in [-0.25, -0.2) is 0 Å². The fourth-order valence-electron chi connectivity index (χ4n) is 5.50. The molecule has 1 aromatic rings. The second kappa shape index (κ2) is 7.54. The van der Waals surface area contributed by atoms with Crippen molar-refractivity contribution < 1.29 is 14.3 Å². The molecule has 2 saturated carbocycles. The highest BCUT2D eigenvalue weighted by Crippen LogP contribution is 2.44. The Labute approximate surface area is 156 Å². The third kappa shape index (κ3) is 3.72. The van der Waals surface area contributed by atoms with E-state index in [1.54, 1.807) is 0 Å². The highest BCUT2D eigenvalue weighted by molar-refractivity contribution is 5.98. The molecule has 1 aromatic carbocycles. The van der Waals surface area contributed by atoms with E-state index in [0.717, 1.165) is 25.7 Å². The zero-order valence-corrected chi connectivity index (χ0v) is 15.7. The van der Waals surface area contributed by atoms with Crippen LogP contribution in [-0.2, 0) is 20.7 Å². The van der Waals surface area contributed by atoms with Crippen molar-refractivity contribution >= 4 is 11.8 Å². The first kappa shape index (κ1) is 17.8. The molecule has 3 aliphatic rings. The number of ketones is 1. The minimum Gasteiger partial charge on any atom is -0.458 e. The van der Waals surface area contributed by atoms with E-state index in [0.29, 0.717) is 18.3 Å². The number of rotatable bonds is 5. The lowest BCUT2D eigenvalue weighted by Crippen LogP contribution is -2.48. The van der Waals surface area contributed by atoms with E-state index in [-0.39, 0.29) is 18.2 Å². The Kier molecular flexibility index (Phi) is 5.15. The van der Waals surface area contributed by atoms with Crippen molar-refractivity contribution in [2.24, 2.45) is 5.92 Å². The molecule has 1 heterocycles. The summed E-state index contributed by atoms with van der Waals surface area (Å²) >= 11 is 0. The highest BCUT2D eigenvalue weighted by atomic mass is 16.6. The van der Waals surface area contributed by atoms with Crippen LogP contribution < -0.4 is 0 Å². The summed E-state index contributed by atoms with van der Waals surface area (Å²) in [6, 6.07) is 8.97. The molecule has 0 N–H and O–H groups in total. The third-order valence-electron chi connectivity index (χ3n) is 6.87. The summed E-state index contributed by atoms with van der Waals surface area (Å²) < 4.78 is 5.92. The summed E-state index contributed by atoms with van der Waals surface area (Å²) in [5.41, 5.74) is 2.24. The predicted molar refractivity (Wildman–Crippen MR) is 101 cm³/mol. The number of benzene rings is 1. The summed E-state index contributed by atoms with van der Waals surface area (Å²) in [6.45, 7) is 0. The molecule has 26 heavy (non-hydrogen) atoms. The molecule has 3 nitrogen and oxygen atoms in total. The van der Waals surface area contributed by atoms with Gasteiger partial charge in [0.1, 0.15) is 17.8 Å². The quantitative estimate of drug-likeness (QED) is 0.545. The SMILES string of the molecule is O=C1CC(=O)OC(CCc2cccc(C3CCCC3)c2)(C2CCCC2)C1. The van der Waals surface area contributed by atoms with Crippen LogP contribution in [0.15, 0.2) is 24.3 Å². The second-order valence-corrected chi connectivity index (χ2v) is 8.64. The number of hydrogen-bond donors (Lipinski definition) is 0. The number of hydrogen-bond acceptors (Lipinski definition) is 3. The number of cyclic esters (lactones) is 1. The minimum absolute atomic E-state index is 0.0361. The Morgan fingerprint density at radius 3 is 2.46 bits per heavy atom. The maximum absolute atomic E-state index is 12.2. The standard InChI is InChI=1S/C23H30O3/c24-21-15-22(25)26-23(16-21,20-10-3-4-11-20)13-12-17-6-5-9-19(14-17)18-7-1-2-8-18/h5-6,9,14,18,20H,1-4,7-8,10-13,15-16H2. The maximum Gasteiger partial charge on any atom is 0.313 e. The molecule has 0 spiro atoms. The average Bonchev–Trinajstić information content (AvgIpc) is 3.33. The van der Waals surface area contributed by atoms with Crippen LogP contribution in [-0.4, -0.2) is 17.4 Å². The highest BCUT2D eigenvalue weighted by Gasteiger charge is 2.47. The van der Waals surface area contributed by atoms with Crippen LogP contribution in [0, 0.1) is 5.92 Å². The zero-order chi connectivity index (χ0) is 18.0. The molecular formula is C23H30O3. The molecule has 3 heteroatoms. The molecule has 0 bridgehead atoms. The first-order chi connectivity index (χ1) is 12.6. The molecular weight excluding hydrogens is 324 g/mol. The van der Waals surface area contributed by atoms with Gasteiger partial charge < -0.3 is 4.74 Å². The fourth-order valence-corrected chi connectivity index (χ4v) is 5.50. The number of carbonyl (C=O) groups excluding carboxylic acids is 2. The van der Waals surface area contributed by atoms with Crippen molar-refractivity contribution in [1.29, 1.82) is 0 Å². The summed E-state index contributed by atoms with van der Waals surface area (Å²) in [5.74, 6) is 0.822. The number of aryl methyl sites for hydroxylation is 1. The van der Waals surface area contributed by atoms with Gasteiger partial charge in [-0.2, -0.15) is 0 Å². The molecule has 1 aliphatic heterocycles. The second-order valence-electron chi connectivity index (χ2n) is 8.64. The maximum atomic E-state index is 12.2. The van der Waals surface area contributed by atoms with Gasteiger partial charge in [0.15, 0.2) is 0 Å². The van der Waals surface area contributed by atoms with Gasteiger partial charge in [0.2, 0.25) is 0 Å². The lowest BCUT2D eigenvalue weighted by atomic mass is 9.76. The fraction of sp³-hybridized carbons (Fsp3) is 0.652. The van der Waals surface area contributed by atoms with Crippen molar-refractivity contribution in [3.8, 4) is 0 Å². The van der Waals surface area contributed by atoms with Crippen LogP contribution >= 0.6 is 0 Å². The van der Waals surface area contributed by atoms with Gasteiger partial charge in [-0.15, -0.1) is 0 Å². The lowest BCUT2D eigenvalue weighted by Gasteiger charge is -2.41. The van der Waals surface area contributed by atoms with Crippen LogP contribution in [0.2, 0.25) is 0 Å². The van der Waals surface area contributed by atoms with Gasteiger partial charge in [0.25, 0.3) is 0 Å². The predicted octanol–water partition coefficient (Wildman–Crippen LogP) is 5.11. The van der Waals surface area contributed by atoms with Crippen LogP contribution in [0.3, 0.4) is 0 Å².